The molecule has 0 aromatic heterocycles. The molecule has 0 aliphatic heterocycles. The lowest BCUT2D eigenvalue weighted by Gasteiger charge is -2.34. The molecule has 0 bridgehead atoms. The Morgan fingerprint density at radius 1 is 1.04 bits per heavy atom. The Balaban J connectivity index is 2.33. The molecule has 0 amide bonds. The van der Waals surface area contributed by atoms with Crippen LogP contribution < -0.4 is 0 Å². The molecule has 2 atom stereocenters. The number of hydrogen-bond donors (Lipinski definition) is 0. The fourth-order valence-electron chi connectivity index (χ4n) is 3.74. The van der Waals surface area contributed by atoms with E-state index in [1.165, 1.54) is 20.6 Å². The van der Waals surface area contributed by atoms with Crippen LogP contribution in [0.5, 0.6) is 0 Å². The molecule has 1 aromatic rings. The molecule has 23 heavy (non-hydrogen) atoms. The molecule has 1 aliphatic rings. The average Bonchev–Trinajstić information content (AvgIpc) is 2.62. The summed E-state index contributed by atoms with van der Waals surface area (Å²) >= 11 is 0. The fourth-order valence-corrected chi connectivity index (χ4v) is 3.74. The van der Waals surface area contributed by atoms with E-state index in [1.54, 1.807) is 0 Å². The van der Waals surface area contributed by atoms with Gasteiger partial charge in [-0.05, 0) is 17.4 Å². The molecular formula is C19H26O4. The summed E-state index contributed by atoms with van der Waals surface area (Å²) in [4.78, 5) is 24.4. The first kappa shape index (κ1) is 17.5. The number of carbonyl (C=O) groups excluding carboxylic acids is 2. The Morgan fingerprint density at radius 3 is 2.26 bits per heavy atom. The summed E-state index contributed by atoms with van der Waals surface area (Å²) in [7, 11) is 2.81. The van der Waals surface area contributed by atoms with Crippen molar-refractivity contribution in [2.24, 2.45) is 11.8 Å². The van der Waals surface area contributed by atoms with Gasteiger partial charge in [0.2, 0.25) is 0 Å². The topological polar surface area (TPSA) is 52.6 Å². The maximum absolute atomic E-state index is 12.5. The van der Waals surface area contributed by atoms with Crippen LogP contribution in [0.15, 0.2) is 30.3 Å². The normalized spacial score (nSPS) is 18.0. The van der Waals surface area contributed by atoms with Crippen LogP contribution in [0.2, 0.25) is 0 Å². The molecule has 0 spiro atoms. The van der Waals surface area contributed by atoms with Gasteiger partial charge in [0, 0.05) is 6.42 Å². The predicted octanol–water partition coefficient (Wildman–Crippen LogP) is 3.70. The molecule has 1 fully saturated rings. The monoisotopic (exact) mass is 318 g/mol. The molecule has 1 aromatic carbocycles. The summed E-state index contributed by atoms with van der Waals surface area (Å²) in [6.45, 7) is 0. The van der Waals surface area contributed by atoms with E-state index in [0.717, 1.165) is 31.2 Å². The third-order valence-electron chi connectivity index (χ3n) is 4.93. The van der Waals surface area contributed by atoms with Gasteiger partial charge in [-0.15, -0.1) is 0 Å². The summed E-state index contributed by atoms with van der Waals surface area (Å²) in [5.74, 6) is -0.658. The van der Waals surface area contributed by atoms with Crippen LogP contribution in [0.25, 0.3) is 0 Å². The van der Waals surface area contributed by atoms with Gasteiger partial charge in [-0.25, -0.2) is 0 Å². The van der Waals surface area contributed by atoms with Crippen molar-refractivity contribution < 1.29 is 19.1 Å². The maximum Gasteiger partial charge on any atom is 0.313 e. The number of ether oxygens (including phenoxy) is 2. The van der Waals surface area contributed by atoms with Gasteiger partial charge in [-0.2, -0.15) is 0 Å². The van der Waals surface area contributed by atoms with E-state index in [4.69, 9.17) is 9.47 Å². The summed E-state index contributed by atoms with van der Waals surface area (Å²) in [5.41, 5.74) is 0.916. The summed E-state index contributed by atoms with van der Waals surface area (Å²) in [6.07, 6.45) is 5.92. The molecule has 1 saturated carbocycles. The quantitative estimate of drug-likeness (QED) is 0.750. The highest BCUT2D eigenvalue weighted by atomic mass is 16.5. The summed E-state index contributed by atoms with van der Waals surface area (Å²) < 4.78 is 9.94. The van der Waals surface area contributed by atoms with Crippen molar-refractivity contribution >= 4 is 11.9 Å². The number of hydrogen-bond acceptors (Lipinski definition) is 4. The first-order valence-electron chi connectivity index (χ1n) is 8.37. The SMILES string of the molecule is COC(=O)C[C@@H](C1CCCCC1)[C@H](C(=O)OC)c1ccccc1. The summed E-state index contributed by atoms with van der Waals surface area (Å²) in [6, 6.07) is 9.64. The van der Waals surface area contributed by atoms with E-state index < -0.39 is 5.92 Å². The Hall–Kier alpha value is -1.84. The smallest absolute Gasteiger partial charge is 0.313 e. The number of carbonyl (C=O) groups is 2. The van der Waals surface area contributed by atoms with E-state index in [-0.39, 0.29) is 24.3 Å². The molecule has 1 aliphatic carbocycles. The van der Waals surface area contributed by atoms with Crippen molar-refractivity contribution in [2.75, 3.05) is 14.2 Å². The number of rotatable bonds is 6. The van der Waals surface area contributed by atoms with Crippen molar-refractivity contribution in [1.29, 1.82) is 0 Å². The third-order valence-corrected chi connectivity index (χ3v) is 4.93. The van der Waals surface area contributed by atoms with Gasteiger partial charge in [0.1, 0.15) is 0 Å². The van der Waals surface area contributed by atoms with Gasteiger partial charge in [0.25, 0.3) is 0 Å². The van der Waals surface area contributed by atoms with E-state index in [2.05, 4.69) is 0 Å². The highest BCUT2D eigenvalue weighted by Gasteiger charge is 2.38. The first-order chi connectivity index (χ1) is 11.2. The van der Waals surface area contributed by atoms with Gasteiger partial charge in [0.05, 0.1) is 20.1 Å². The molecule has 0 heterocycles. The zero-order chi connectivity index (χ0) is 16.7. The van der Waals surface area contributed by atoms with Crippen LogP contribution in [0, 0.1) is 11.8 Å². The lowest BCUT2D eigenvalue weighted by Crippen LogP contribution is -2.32. The lowest BCUT2D eigenvalue weighted by molar-refractivity contribution is -0.147. The predicted molar refractivity (Wildman–Crippen MR) is 87.9 cm³/mol. The molecule has 4 nitrogen and oxygen atoms in total. The molecule has 4 heteroatoms. The minimum absolute atomic E-state index is 0.0717. The largest absolute Gasteiger partial charge is 0.469 e. The second-order valence-corrected chi connectivity index (χ2v) is 6.25. The van der Waals surface area contributed by atoms with Gasteiger partial charge < -0.3 is 9.47 Å². The van der Waals surface area contributed by atoms with Crippen molar-refractivity contribution in [3.63, 3.8) is 0 Å². The summed E-state index contributed by atoms with van der Waals surface area (Å²) in [5, 5.41) is 0. The molecular weight excluding hydrogens is 292 g/mol. The van der Waals surface area contributed by atoms with Gasteiger partial charge >= 0.3 is 11.9 Å². The van der Waals surface area contributed by atoms with Gasteiger partial charge in [-0.3, -0.25) is 9.59 Å². The van der Waals surface area contributed by atoms with Crippen LogP contribution in [0.3, 0.4) is 0 Å². The van der Waals surface area contributed by atoms with Gasteiger partial charge in [-0.1, -0.05) is 62.4 Å². The molecule has 0 saturated heterocycles. The van der Waals surface area contributed by atoms with Crippen LogP contribution in [0.1, 0.15) is 50.0 Å². The second kappa shape index (κ2) is 8.70. The van der Waals surface area contributed by atoms with Crippen LogP contribution >= 0.6 is 0 Å². The minimum atomic E-state index is -0.414. The van der Waals surface area contributed by atoms with Crippen LogP contribution in [0.4, 0.5) is 0 Å². The van der Waals surface area contributed by atoms with Gasteiger partial charge in [0.15, 0.2) is 0 Å². The maximum atomic E-state index is 12.5. The molecule has 0 unspecified atom stereocenters. The van der Waals surface area contributed by atoms with E-state index >= 15 is 0 Å². The molecule has 126 valence electrons. The van der Waals surface area contributed by atoms with E-state index in [0.29, 0.717) is 5.92 Å². The Morgan fingerprint density at radius 2 is 1.70 bits per heavy atom. The van der Waals surface area contributed by atoms with Crippen molar-refractivity contribution in [2.45, 2.75) is 44.4 Å². The Kier molecular flexibility index (Phi) is 6.63. The third kappa shape index (κ3) is 4.57. The van der Waals surface area contributed by atoms with E-state index in [9.17, 15) is 9.59 Å². The zero-order valence-electron chi connectivity index (χ0n) is 14.0. The lowest BCUT2D eigenvalue weighted by atomic mass is 9.70. The Bertz CT molecular complexity index is 505. The molecule has 2 rings (SSSR count). The first-order valence-corrected chi connectivity index (χ1v) is 8.37. The van der Waals surface area contributed by atoms with Crippen LogP contribution in [-0.2, 0) is 19.1 Å². The number of methoxy groups -OCH3 is 2. The van der Waals surface area contributed by atoms with Crippen molar-refractivity contribution in [1.82, 2.24) is 0 Å². The molecule has 0 N–H and O–H groups in total. The van der Waals surface area contributed by atoms with E-state index in [1.807, 2.05) is 30.3 Å². The van der Waals surface area contributed by atoms with Crippen LogP contribution in [-0.4, -0.2) is 26.2 Å². The Labute approximate surface area is 138 Å². The average molecular weight is 318 g/mol. The number of esters is 2. The van der Waals surface area contributed by atoms with Crippen molar-refractivity contribution in [3.8, 4) is 0 Å². The highest BCUT2D eigenvalue weighted by molar-refractivity contribution is 5.80. The number of benzene rings is 1. The minimum Gasteiger partial charge on any atom is -0.469 e. The fraction of sp³-hybridized carbons (Fsp3) is 0.579. The highest BCUT2D eigenvalue weighted by Crippen LogP contribution is 2.41. The zero-order valence-corrected chi connectivity index (χ0v) is 14.0. The second-order valence-electron chi connectivity index (χ2n) is 6.25. The van der Waals surface area contributed by atoms with Crippen molar-refractivity contribution in [3.05, 3.63) is 35.9 Å². The molecule has 0 radical (unpaired) electrons. The standard InChI is InChI=1S/C19H26O4/c1-22-17(20)13-16(14-9-5-3-6-10-14)18(19(21)23-2)15-11-7-4-8-12-15/h4,7-8,11-12,14,16,18H,3,5-6,9-10,13H2,1-2H3/t16-,18+/m0/s1.